The zero-order chi connectivity index (χ0) is 15.2. The molecule has 2 aromatic rings. The molecule has 2 aromatic carbocycles. The Balaban J connectivity index is 1.90. The lowest BCUT2D eigenvalue weighted by molar-refractivity contribution is 0.0691. The molecule has 0 unspecified atom stereocenters. The monoisotopic (exact) mass is 326 g/mol. The van der Waals surface area contributed by atoms with Crippen molar-refractivity contribution < 1.29 is 19.4 Å². The van der Waals surface area contributed by atoms with E-state index in [0.717, 1.165) is 0 Å². The summed E-state index contributed by atoms with van der Waals surface area (Å²) in [6.45, 7) is 0.469. The van der Waals surface area contributed by atoms with Gasteiger partial charge in [0.2, 0.25) is 0 Å². The van der Waals surface area contributed by atoms with Crippen molar-refractivity contribution in [2.75, 3.05) is 13.2 Å². The second kappa shape index (κ2) is 7.20. The number of hydrogen-bond acceptors (Lipinski definition) is 3. The van der Waals surface area contributed by atoms with Crippen molar-refractivity contribution >= 4 is 29.2 Å². The zero-order valence-electron chi connectivity index (χ0n) is 10.9. The minimum absolute atomic E-state index is 0.0610. The fraction of sp³-hybridized carbons (Fsp3) is 0.133. The van der Waals surface area contributed by atoms with E-state index in [0.29, 0.717) is 15.8 Å². The molecule has 0 aromatic heterocycles. The highest BCUT2D eigenvalue weighted by Crippen LogP contribution is 2.23. The normalized spacial score (nSPS) is 10.2. The lowest BCUT2D eigenvalue weighted by Crippen LogP contribution is -2.11. The van der Waals surface area contributed by atoms with Crippen LogP contribution in [0.1, 0.15) is 10.4 Å². The molecule has 6 heteroatoms. The van der Waals surface area contributed by atoms with Gasteiger partial charge in [0, 0.05) is 10.0 Å². The molecule has 0 aliphatic rings. The Kier molecular flexibility index (Phi) is 5.31. The van der Waals surface area contributed by atoms with Crippen molar-refractivity contribution in [2.24, 2.45) is 0 Å². The summed E-state index contributed by atoms with van der Waals surface area (Å²) < 4.78 is 10.9. The van der Waals surface area contributed by atoms with Crippen molar-refractivity contribution in [1.29, 1.82) is 0 Å². The Morgan fingerprint density at radius 3 is 2.24 bits per heavy atom. The van der Waals surface area contributed by atoms with Crippen LogP contribution in [-0.2, 0) is 0 Å². The largest absolute Gasteiger partial charge is 0.490 e. The molecule has 0 aliphatic carbocycles. The third-order valence-corrected chi connectivity index (χ3v) is 3.08. The number of halogens is 2. The van der Waals surface area contributed by atoms with Gasteiger partial charge in [0.05, 0.1) is 0 Å². The fourth-order valence-corrected chi connectivity index (χ4v) is 1.92. The van der Waals surface area contributed by atoms with Gasteiger partial charge < -0.3 is 14.6 Å². The second-order valence-corrected chi connectivity index (χ2v) is 4.97. The Hall–Kier alpha value is -1.91. The van der Waals surface area contributed by atoms with E-state index in [2.05, 4.69) is 0 Å². The summed E-state index contributed by atoms with van der Waals surface area (Å²) in [5.74, 6) is -0.192. The van der Waals surface area contributed by atoms with E-state index in [-0.39, 0.29) is 24.5 Å². The van der Waals surface area contributed by atoms with Gasteiger partial charge in [-0.3, -0.25) is 0 Å². The Labute approximate surface area is 131 Å². The van der Waals surface area contributed by atoms with E-state index in [4.69, 9.17) is 37.8 Å². The highest BCUT2D eigenvalue weighted by atomic mass is 35.5. The standard InChI is InChI=1S/C15H12Cl2O4/c16-10-1-4-12(5-2-10)20-7-8-21-14-9-11(17)3-6-13(14)15(18)19/h1-6,9H,7-8H2,(H,18,19). The van der Waals surface area contributed by atoms with Crippen LogP contribution in [0.25, 0.3) is 0 Å². The van der Waals surface area contributed by atoms with E-state index < -0.39 is 5.97 Å². The number of carboxylic acids is 1. The number of carbonyl (C=O) groups is 1. The predicted octanol–water partition coefficient (Wildman–Crippen LogP) is 4.15. The van der Waals surface area contributed by atoms with Gasteiger partial charge in [-0.25, -0.2) is 4.79 Å². The van der Waals surface area contributed by atoms with Crippen LogP contribution in [0, 0.1) is 0 Å². The van der Waals surface area contributed by atoms with Crippen molar-refractivity contribution in [1.82, 2.24) is 0 Å². The lowest BCUT2D eigenvalue weighted by atomic mass is 10.2. The van der Waals surface area contributed by atoms with Crippen LogP contribution in [0.15, 0.2) is 42.5 Å². The minimum Gasteiger partial charge on any atom is -0.490 e. The van der Waals surface area contributed by atoms with Crippen molar-refractivity contribution in [3.05, 3.63) is 58.1 Å². The maximum atomic E-state index is 11.1. The van der Waals surface area contributed by atoms with Gasteiger partial charge in [0.25, 0.3) is 0 Å². The summed E-state index contributed by atoms with van der Waals surface area (Å²) in [4.78, 5) is 11.1. The van der Waals surface area contributed by atoms with Gasteiger partial charge in [0.1, 0.15) is 30.3 Å². The molecule has 0 saturated heterocycles. The van der Waals surface area contributed by atoms with Gasteiger partial charge in [-0.1, -0.05) is 23.2 Å². The fourth-order valence-electron chi connectivity index (χ4n) is 1.63. The molecule has 2 rings (SSSR count). The SMILES string of the molecule is O=C(O)c1ccc(Cl)cc1OCCOc1ccc(Cl)cc1. The first kappa shape index (κ1) is 15.5. The minimum atomic E-state index is -1.07. The summed E-state index contributed by atoms with van der Waals surface area (Å²) in [5.41, 5.74) is 0.0610. The van der Waals surface area contributed by atoms with E-state index in [1.165, 1.54) is 18.2 Å². The van der Waals surface area contributed by atoms with Gasteiger partial charge in [-0.05, 0) is 42.5 Å². The number of benzene rings is 2. The number of aromatic carboxylic acids is 1. The first-order valence-electron chi connectivity index (χ1n) is 6.10. The maximum Gasteiger partial charge on any atom is 0.339 e. The Morgan fingerprint density at radius 2 is 1.57 bits per heavy atom. The van der Waals surface area contributed by atoms with E-state index in [9.17, 15) is 4.79 Å². The smallest absolute Gasteiger partial charge is 0.339 e. The average molecular weight is 327 g/mol. The lowest BCUT2D eigenvalue weighted by Gasteiger charge is -2.10. The number of carboxylic acid groups (broad SMARTS) is 1. The summed E-state index contributed by atoms with van der Waals surface area (Å²) in [6.07, 6.45) is 0. The summed E-state index contributed by atoms with van der Waals surface area (Å²) in [6, 6.07) is 11.3. The van der Waals surface area contributed by atoms with E-state index in [1.807, 2.05) is 0 Å². The van der Waals surface area contributed by atoms with Crippen LogP contribution in [0.5, 0.6) is 11.5 Å². The quantitative estimate of drug-likeness (QED) is 0.810. The zero-order valence-corrected chi connectivity index (χ0v) is 12.4. The number of ether oxygens (including phenoxy) is 2. The van der Waals surface area contributed by atoms with Crippen LogP contribution in [-0.4, -0.2) is 24.3 Å². The molecule has 110 valence electrons. The Bertz CT molecular complexity index is 626. The van der Waals surface area contributed by atoms with Crippen molar-refractivity contribution in [3.8, 4) is 11.5 Å². The molecule has 0 heterocycles. The number of hydrogen-bond donors (Lipinski definition) is 1. The Morgan fingerprint density at radius 1 is 0.952 bits per heavy atom. The van der Waals surface area contributed by atoms with Gasteiger partial charge in [-0.2, -0.15) is 0 Å². The van der Waals surface area contributed by atoms with Gasteiger partial charge in [0.15, 0.2) is 0 Å². The second-order valence-electron chi connectivity index (χ2n) is 4.10. The molecule has 0 bridgehead atoms. The molecular weight excluding hydrogens is 315 g/mol. The van der Waals surface area contributed by atoms with Crippen LogP contribution < -0.4 is 9.47 Å². The number of rotatable bonds is 6. The summed E-state index contributed by atoms with van der Waals surface area (Å²) >= 11 is 11.6. The summed E-state index contributed by atoms with van der Waals surface area (Å²) in [7, 11) is 0. The highest BCUT2D eigenvalue weighted by Gasteiger charge is 2.11. The van der Waals surface area contributed by atoms with Gasteiger partial charge >= 0.3 is 5.97 Å². The predicted molar refractivity (Wildman–Crippen MR) is 80.9 cm³/mol. The third-order valence-electron chi connectivity index (χ3n) is 2.60. The van der Waals surface area contributed by atoms with E-state index >= 15 is 0 Å². The molecule has 0 fully saturated rings. The highest BCUT2D eigenvalue weighted by molar-refractivity contribution is 6.31. The van der Waals surface area contributed by atoms with Crippen LogP contribution in [0.4, 0.5) is 0 Å². The topological polar surface area (TPSA) is 55.8 Å². The molecule has 0 spiro atoms. The first-order chi connectivity index (χ1) is 10.1. The van der Waals surface area contributed by atoms with Crippen LogP contribution in [0.3, 0.4) is 0 Å². The van der Waals surface area contributed by atoms with Gasteiger partial charge in [-0.15, -0.1) is 0 Å². The van der Waals surface area contributed by atoms with Crippen molar-refractivity contribution in [3.63, 3.8) is 0 Å². The maximum absolute atomic E-state index is 11.1. The van der Waals surface area contributed by atoms with E-state index in [1.54, 1.807) is 24.3 Å². The molecule has 0 atom stereocenters. The molecule has 1 N–H and O–H groups in total. The molecule has 0 aliphatic heterocycles. The first-order valence-corrected chi connectivity index (χ1v) is 6.86. The van der Waals surface area contributed by atoms with Crippen LogP contribution >= 0.6 is 23.2 Å². The molecule has 4 nitrogen and oxygen atoms in total. The van der Waals surface area contributed by atoms with Crippen molar-refractivity contribution in [2.45, 2.75) is 0 Å². The molecule has 0 radical (unpaired) electrons. The molecule has 21 heavy (non-hydrogen) atoms. The average Bonchev–Trinajstić information content (AvgIpc) is 2.45. The summed E-state index contributed by atoms with van der Waals surface area (Å²) in [5, 5.41) is 10.1. The van der Waals surface area contributed by atoms with Crippen LogP contribution in [0.2, 0.25) is 10.0 Å². The molecular formula is C15H12Cl2O4. The molecule has 0 amide bonds. The molecule has 0 saturated carbocycles. The third kappa shape index (κ3) is 4.55.